The lowest BCUT2D eigenvalue weighted by atomic mass is 10.0. The minimum absolute atomic E-state index is 0.107. The molecule has 0 heterocycles. The van der Waals surface area contributed by atoms with Crippen LogP contribution in [0.25, 0.3) is 0 Å². The van der Waals surface area contributed by atoms with E-state index in [0.717, 1.165) is 12.3 Å². The van der Waals surface area contributed by atoms with Gasteiger partial charge in [-0.05, 0) is 12.3 Å². The molecule has 0 aliphatic heterocycles. The van der Waals surface area contributed by atoms with Gasteiger partial charge in [-0.15, -0.1) is 0 Å². The monoisotopic (exact) mass is 144 g/mol. The molecule has 0 aliphatic carbocycles. The SMILES string of the molecule is CCC(C)CCCC(N)N. The van der Waals surface area contributed by atoms with Gasteiger partial charge in [0, 0.05) is 0 Å². The largest absolute Gasteiger partial charge is 0.316 e. The van der Waals surface area contributed by atoms with Gasteiger partial charge in [0.2, 0.25) is 0 Å². The normalized spacial score (nSPS) is 14.1. The Kier molecular flexibility index (Phi) is 5.64. The summed E-state index contributed by atoms with van der Waals surface area (Å²) in [5.74, 6) is 0.832. The third-order valence-corrected chi connectivity index (χ3v) is 1.93. The second-order valence-electron chi connectivity index (χ2n) is 3.11. The molecule has 4 N–H and O–H groups in total. The average molecular weight is 144 g/mol. The quantitative estimate of drug-likeness (QED) is 0.574. The molecular formula is C8H20N2. The van der Waals surface area contributed by atoms with Gasteiger partial charge in [-0.2, -0.15) is 0 Å². The van der Waals surface area contributed by atoms with Gasteiger partial charge in [0.15, 0.2) is 0 Å². The van der Waals surface area contributed by atoms with Crippen LogP contribution < -0.4 is 11.5 Å². The molecule has 0 saturated carbocycles. The molecule has 0 fully saturated rings. The van der Waals surface area contributed by atoms with Crippen molar-refractivity contribution in [2.75, 3.05) is 0 Å². The van der Waals surface area contributed by atoms with Crippen LogP contribution in [0.4, 0.5) is 0 Å². The Morgan fingerprint density at radius 3 is 2.20 bits per heavy atom. The Morgan fingerprint density at radius 2 is 1.80 bits per heavy atom. The summed E-state index contributed by atoms with van der Waals surface area (Å²) in [5, 5.41) is 0. The fourth-order valence-electron chi connectivity index (χ4n) is 0.906. The number of hydrogen-bond acceptors (Lipinski definition) is 2. The summed E-state index contributed by atoms with van der Waals surface area (Å²) in [5.41, 5.74) is 10.8. The van der Waals surface area contributed by atoms with E-state index < -0.39 is 0 Å². The van der Waals surface area contributed by atoms with E-state index in [-0.39, 0.29) is 6.17 Å². The van der Waals surface area contributed by atoms with E-state index >= 15 is 0 Å². The fourth-order valence-corrected chi connectivity index (χ4v) is 0.906. The predicted molar refractivity (Wildman–Crippen MR) is 45.5 cm³/mol. The summed E-state index contributed by atoms with van der Waals surface area (Å²) in [4.78, 5) is 0. The molecule has 0 spiro atoms. The second kappa shape index (κ2) is 5.69. The molecule has 0 saturated heterocycles. The van der Waals surface area contributed by atoms with E-state index in [1.807, 2.05) is 0 Å². The van der Waals surface area contributed by atoms with Crippen LogP contribution in [0.2, 0.25) is 0 Å². The maximum absolute atomic E-state index is 5.40. The van der Waals surface area contributed by atoms with Crippen LogP contribution in [-0.4, -0.2) is 6.17 Å². The van der Waals surface area contributed by atoms with Crippen LogP contribution in [-0.2, 0) is 0 Å². The lowest BCUT2D eigenvalue weighted by Gasteiger charge is -2.08. The molecule has 0 bridgehead atoms. The standard InChI is InChI=1S/C8H20N2/c1-3-7(2)5-4-6-8(9)10/h7-8H,3-6,9-10H2,1-2H3. The molecule has 1 unspecified atom stereocenters. The van der Waals surface area contributed by atoms with E-state index in [1.54, 1.807) is 0 Å². The fraction of sp³-hybridized carbons (Fsp3) is 1.00. The maximum Gasteiger partial charge on any atom is 0.0520 e. The summed E-state index contributed by atoms with van der Waals surface area (Å²) < 4.78 is 0. The van der Waals surface area contributed by atoms with Crippen molar-refractivity contribution in [2.24, 2.45) is 17.4 Å². The van der Waals surface area contributed by atoms with Crippen molar-refractivity contribution in [1.29, 1.82) is 0 Å². The summed E-state index contributed by atoms with van der Waals surface area (Å²) in [6.07, 6.45) is 4.56. The zero-order valence-electron chi connectivity index (χ0n) is 7.14. The Balaban J connectivity index is 3.03. The van der Waals surface area contributed by atoms with Gasteiger partial charge in [-0.3, -0.25) is 0 Å². The van der Waals surface area contributed by atoms with E-state index in [9.17, 15) is 0 Å². The zero-order valence-corrected chi connectivity index (χ0v) is 7.14. The molecule has 0 aromatic heterocycles. The Morgan fingerprint density at radius 1 is 1.20 bits per heavy atom. The second-order valence-corrected chi connectivity index (χ2v) is 3.11. The summed E-state index contributed by atoms with van der Waals surface area (Å²) in [6.45, 7) is 4.48. The van der Waals surface area contributed by atoms with Crippen LogP contribution in [0.1, 0.15) is 39.5 Å². The highest BCUT2D eigenvalue weighted by Crippen LogP contribution is 2.10. The molecule has 1 atom stereocenters. The molecular weight excluding hydrogens is 124 g/mol. The first-order chi connectivity index (χ1) is 4.66. The van der Waals surface area contributed by atoms with Crippen molar-refractivity contribution in [3.05, 3.63) is 0 Å². The topological polar surface area (TPSA) is 52.0 Å². The Bertz CT molecular complexity index is 71.7. The molecule has 2 nitrogen and oxygen atoms in total. The lowest BCUT2D eigenvalue weighted by Crippen LogP contribution is -2.30. The van der Waals surface area contributed by atoms with Gasteiger partial charge >= 0.3 is 0 Å². The highest BCUT2D eigenvalue weighted by atomic mass is 14.8. The van der Waals surface area contributed by atoms with Gasteiger partial charge in [0.1, 0.15) is 0 Å². The summed E-state index contributed by atoms with van der Waals surface area (Å²) in [7, 11) is 0. The highest BCUT2D eigenvalue weighted by Gasteiger charge is 1.99. The third-order valence-electron chi connectivity index (χ3n) is 1.93. The summed E-state index contributed by atoms with van der Waals surface area (Å²) in [6, 6.07) is 0. The molecule has 2 heteroatoms. The number of hydrogen-bond donors (Lipinski definition) is 2. The van der Waals surface area contributed by atoms with Crippen LogP contribution in [0, 0.1) is 5.92 Å². The van der Waals surface area contributed by atoms with Crippen LogP contribution >= 0.6 is 0 Å². The van der Waals surface area contributed by atoms with Crippen molar-refractivity contribution < 1.29 is 0 Å². The first kappa shape index (κ1) is 9.92. The van der Waals surface area contributed by atoms with Crippen LogP contribution in [0.15, 0.2) is 0 Å². The minimum atomic E-state index is -0.107. The van der Waals surface area contributed by atoms with Crippen molar-refractivity contribution in [2.45, 2.75) is 45.7 Å². The Labute approximate surface area is 64.0 Å². The molecule has 0 aromatic rings. The minimum Gasteiger partial charge on any atom is -0.316 e. The van der Waals surface area contributed by atoms with Gasteiger partial charge in [0.25, 0.3) is 0 Å². The van der Waals surface area contributed by atoms with Gasteiger partial charge in [-0.1, -0.05) is 33.1 Å². The van der Waals surface area contributed by atoms with E-state index in [4.69, 9.17) is 11.5 Å². The molecule has 0 amide bonds. The first-order valence-corrected chi connectivity index (χ1v) is 4.18. The molecule has 0 aliphatic rings. The Hall–Kier alpha value is -0.0800. The van der Waals surface area contributed by atoms with Gasteiger partial charge in [0.05, 0.1) is 6.17 Å². The molecule has 0 rings (SSSR count). The number of nitrogens with two attached hydrogens (primary N) is 2. The smallest absolute Gasteiger partial charge is 0.0520 e. The summed E-state index contributed by atoms with van der Waals surface area (Å²) >= 11 is 0. The highest BCUT2D eigenvalue weighted by molar-refractivity contribution is 4.55. The average Bonchev–Trinajstić information content (AvgIpc) is 1.87. The van der Waals surface area contributed by atoms with Crippen molar-refractivity contribution in [3.8, 4) is 0 Å². The first-order valence-electron chi connectivity index (χ1n) is 4.18. The van der Waals surface area contributed by atoms with Gasteiger partial charge in [-0.25, -0.2) is 0 Å². The van der Waals surface area contributed by atoms with Crippen molar-refractivity contribution in [3.63, 3.8) is 0 Å². The van der Waals surface area contributed by atoms with Crippen molar-refractivity contribution in [1.82, 2.24) is 0 Å². The third kappa shape index (κ3) is 6.05. The number of rotatable bonds is 5. The molecule has 0 radical (unpaired) electrons. The van der Waals surface area contributed by atoms with Crippen LogP contribution in [0.5, 0.6) is 0 Å². The van der Waals surface area contributed by atoms with Crippen molar-refractivity contribution >= 4 is 0 Å². The maximum atomic E-state index is 5.40. The lowest BCUT2D eigenvalue weighted by molar-refractivity contribution is 0.464. The molecule has 0 aromatic carbocycles. The van der Waals surface area contributed by atoms with E-state index in [0.29, 0.717) is 0 Å². The van der Waals surface area contributed by atoms with Crippen LogP contribution in [0.3, 0.4) is 0 Å². The van der Waals surface area contributed by atoms with Gasteiger partial charge < -0.3 is 11.5 Å². The zero-order chi connectivity index (χ0) is 7.98. The van der Waals surface area contributed by atoms with E-state index in [2.05, 4.69) is 13.8 Å². The molecule has 10 heavy (non-hydrogen) atoms. The molecule has 62 valence electrons. The predicted octanol–water partition coefficient (Wildman–Crippen LogP) is 1.45. The van der Waals surface area contributed by atoms with E-state index in [1.165, 1.54) is 19.3 Å².